The van der Waals surface area contributed by atoms with Crippen molar-refractivity contribution in [1.82, 2.24) is 5.32 Å². The summed E-state index contributed by atoms with van der Waals surface area (Å²) in [5.74, 6) is 0.646. The minimum absolute atomic E-state index is 0.0684. The molecule has 1 aliphatic rings. The lowest BCUT2D eigenvalue weighted by molar-refractivity contribution is -0.116. The minimum atomic E-state index is -0.141. The molecule has 2 rings (SSSR count). The second-order valence-electron chi connectivity index (χ2n) is 6.08. The first-order valence-electron chi connectivity index (χ1n) is 7.91. The highest BCUT2D eigenvalue weighted by molar-refractivity contribution is 5.92. The lowest BCUT2D eigenvalue weighted by Crippen LogP contribution is -2.30. The smallest absolute Gasteiger partial charge is 0.244 e. The molecule has 0 aromatic heterocycles. The van der Waals surface area contributed by atoms with Crippen molar-refractivity contribution in [1.29, 1.82) is 0 Å². The molecular formula is C18H25NO3. The fraction of sp³-hybridized carbons (Fsp3) is 0.500. The summed E-state index contributed by atoms with van der Waals surface area (Å²) in [7, 11) is 0. The molecule has 1 aliphatic carbocycles. The number of ether oxygens (including phenoxy) is 1. The van der Waals surface area contributed by atoms with Crippen LogP contribution in [0.25, 0.3) is 6.08 Å². The van der Waals surface area contributed by atoms with E-state index in [1.54, 1.807) is 6.08 Å². The SMILES string of the molecule is CCC(C)Oc1ccccc1/C=C/C(=O)NCC1(CO)CC1. The summed E-state index contributed by atoms with van der Waals surface area (Å²) in [5.41, 5.74) is 0.822. The van der Waals surface area contributed by atoms with E-state index in [0.717, 1.165) is 30.6 Å². The zero-order valence-corrected chi connectivity index (χ0v) is 13.3. The maximum Gasteiger partial charge on any atom is 0.244 e. The number of carbonyl (C=O) groups excluding carboxylic acids is 1. The number of aliphatic hydroxyl groups excluding tert-OH is 1. The van der Waals surface area contributed by atoms with Crippen LogP contribution in [0.1, 0.15) is 38.7 Å². The van der Waals surface area contributed by atoms with E-state index in [2.05, 4.69) is 12.2 Å². The fourth-order valence-corrected chi connectivity index (χ4v) is 2.09. The van der Waals surface area contributed by atoms with Gasteiger partial charge in [0, 0.05) is 23.6 Å². The Balaban J connectivity index is 1.93. The van der Waals surface area contributed by atoms with Gasteiger partial charge in [0.15, 0.2) is 0 Å². The summed E-state index contributed by atoms with van der Waals surface area (Å²) < 4.78 is 5.85. The molecule has 0 radical (unpaired) electrons. The first-order valence-corrected chi connectivity index (χ1v) is 7.91. The number of amides is 1. The van der Waals surface area contributed by atoms with E-state index in [1.165, 1.54) is 6.08 Å². The first kappa shape index (κ1) is 16.6. The molecule has 0 heterocycles. The predicted octanol–water partition coefficient (Wildman–Crippen LogP) is 2.77. The maximum atomic E-state index is 11.9. The molecule has 1 atom stereocenters. The van der Waals surface area contributed by atoms with Crippen LogP contribution in [0.15, 0.2) is 30.3 Å². The monoisotopic (exact) mass is 303 g/mol. The Morgan fingerprint density at radius 2 is 2.18 bits per heavy atom. The minimum Gasteiger partial charge on any atom is -0.490 e. The van der Waals surface area contributed by atoms with Gasteiger partial charge in [0.05, 0.1) is 12.7 Å². The molecule has 1 aromatic carbocycles. The summed E-state index contributed by atoms with van der Waals surface area (Å²) >= 11 is 0. The summed E-state index contributed by atoms with van der Waals surface area (Å²) in [6, 6.07) is 7.69. The largest absolute Gasteiger partial charge is 0.490 e. The molecular weight excluding hydrogens is 278 g/mol. The molecule has 2 N–H and O–H groups in total. The number of benzene rings is 1. The third kappa shape index (κ3) is 4.60. The lowest BCUT2D eigenvalue weighted by atomic mass is 10.1. The van der Waals surface area contributed by atoms with Crippen molar-refractivity contribution < 1.29 is 14.6 Å². The third-order valence-corrected chi connectivity index (χ3v) is 4.17. The maximum absolute atomic E-state index is 11.9. The Kier molecular flexibility index (Phi) is 5.61. The fourth-order valence-electron chi connectivity index (χ4n) is 2.09. The molecule has 120 valence electrons. The second-order valence-corrected chi connectivity index (χ2v) is 6.08. The first-order chi connectivity index (χ1) is 10.6. The van der Waals surface area contributed by atoms with Crippen LogP contribution >= 0.6 is 0 Å². The number of hydrogen-bond donors (Lipinski definition) is 2. The number of nitrogens with one attached hydrogen (secondary N) is 1. The van der Waals surface area contributed by atoms with Crippen LogP contribution in [-0.2, 0) is 4.79 Å². The van der Waals surface area contributed by atoms with E-state index in [-0.39, 0.29) is 24.0 Å². The highest BCUT2D eigenvalue weighted by Gasteiger charge is 2.41. The number of aliphatic hydroxyl groups is 1. The van der Waals surface area contributed by atoms with Gasteiger partial charge in [0.1, 0.15) is 5.75 Å². The van der Waals surface area contributed by atoms with Crippen molar-refractivity contribution in [3.05, 3.63) is 35.9 Å². The molecule has 0 aliphatic heterocycles. The molecule has 0 saturated heterocycles. The highest BCUT2D eigenvalue weighted by atomic mass is 16.5. The van der Waals surface area contributed by atoms with E-state index < -0.39 is 0 Å². The van der Waals surface area contributed by atoms with Crippen molar-refractivity contribution in [3.63, 3.8) is 0 Å². The number of carbonyl (C=O) groups is 1. The van der Waals surface area contributed by atoms with E-state index in [9.17, 15) is 9.90 Å². The molecule has 22 heavy (non-hydrogen) atoms. The summed E-state index contributed by atoms with van der Waals surface area (Å²) in [6.45, 7) is 4.78. The standard InChI is InChI=1S/C18H25NO3/c1-3-14(2)22-16-7-5-4-6-15(16)8-9-17(21)19-12-18(13-20)10-11-18/h4-9,14,20H,3,10-13H2,1-2H3,(H,19,21)/b9-8+. The zero-order valence-electron chi connectivity index (χ0n) is 13.3. The molecule has 4 nitrogen and oxygen atoms in total. The molecule has 4 heteroatoms. The normalized spacial score (nSPS) is 17.2. The molecule has 1 unspecified atom stereocenters. The Morgan fingerprint density at radius 3 is 2.82 bits per heavy atom. The van der Waals surface area contributed by atoms with Crippen LogP contribution in [-0.4, -0.2) is 30.3 Å². The zero-order chi connectivity index (χ0) is 16.0. The van der Waals surface area contributed by atoms with Gasteiger partial charge in [-0.3, -0.25) is 4.79 Å². The van der Waals surface area contributed by atoms with Crippen LogP contribution in [0, 0.1) is 5.41 Å². The van der Waals surface area contributed by atoms with Crippen molar-refractivity contribution in [2.45, 2.75) is 39.2 Å². The van der Waals surface area contributed by atoms with Crippen molar-refractivity contribution >= 4 is 12.0 Å². The van der Waals surface area contributed by atoms with Crippen molar-refractivity contribution in [3.8, 4) is 5.75 Å². The summed E-state index contributed by atoms with van der Waals surface area (Å²) in [6.07, 6.45) is 6.33. The molecule has 0 spiro atoms. The third-order valence-electron chi connectivity index (χ3n) is 4.17. The van der Waals surface area contributed by atoms with Crippen molar-refractivity contribution in [2.24, 2.45) is 5.41 Å². The molecule has 1 fully saturated rings. The van der Waals surface area contributed by atoms with Gasteiger partial charge in [0.25, 0.3) is 0 Å². The van der Waals surface area contributed by atoms with E-state index in [1.807, 2.05) is 31.2 Å². The highest BCUT2D eigenvalue weighted by Crippen LogP contribution is 2.44. The molecule has 1 saturated carbocycles. The lowest BCUT2D eigenvalue weighted by Gasteiger charge is -2.14. The summed E-state index contributed by atoms with van der Waals surface area (Å²) in [4.78, 5) is 11.9. The number of para-hydroxylation sites is 1. The Bertz CT molecular complexity index is 535. The Hall–Kier alpha value is -1.81. The quantitative estimate of drug-likeness (QED) is 0.726. The van der Waals surface area contributed by atoms with E-state index in [4.69, 9.17) is 4.74 Å². The predicted molar refractivity (Wildman–Crippen MR) is 87.6 cm³/mol. The Morgan fingerprint density at radius 1 is 1.45 bits per heavy atom. The second kappa shape index (κ2) is 7.45. The van der Waals surface area contributed by atoms with Crippen LogP contribution in [0.5, 0.6) is 5.75 Å². The average Bonchev–Trinajstić information content (AvgIpc) is 3.32. The van der Waals surface area contributed by atoms with Gasteiger partial charge in [-0.25, -0.2) is 0 Å². The Labute approximate surface area is 132 Å². The van der Waals surface area contributed by atoms with Crippen LogP contribution in [0.4, 0.5) is 0 Å². The van der Waals surface area contributed by atoms with Crippen LogP contribution in [0.2, 0.25) is 0 Å². The van der Waals surface area contributed by atoms with Gasteiger partial charge in [-0.1, -0.05) is 25.1 Å². The molecule has 0 bridgehead atoms. The van der Waals surface area contributed by atoms with Gasteiger partial charge in [0.2, 0.25) is 5.91 Å². The topological polar surface area (TPSA) is 58.6 Å². The molecule has 1 amide bonds. The van der Waals surface area contributed by atoms with Gasteiger partial charge in [-0.2, -0.15) is 0 Å². The number of hydrogen-bond acceptors (Lipinski definition) is 3. The van der Waals surface area contributed by atoms with Gasteiger partial charge >= 0.3 is 0 Å². The summed E-state index contributed by atoms with van der Waals surface area (Å²) in [5, 5.41) is 12.1. The number of rotatable bonds is 8. The molecule has 1 aromatic rings. The van der Waals surface area contributed by atoms with Gasteiger partial charge in [-0.15, -0.1) is 0 Å². The van der Waals surface area contributed by atoms with Crippen LogP contribution < -0.4 is 10.1 Å². The van der Waals surface area contributed by atoms with Crippen molar-refractivity contribution in [2.75, 3.05) is 13.2 Å². The van der Waals surface area contributed by atoms with E-state index in [0.29, 0.717) is 6.54 Å². The average molecular weight is 303 g/mol. The van der Waals surface area contributed by atoms with Gasteiger partial charge < -0.3 is 15.2 Å². The van der Waals surface area contributed by atoms with E-state index >= 15 is 0 Å². The van der Waals surface area contributed by atoms with Gasteiger partial charge in [-0.05, 0) is 38.3 Å². The van der Waals surface area contributed by atoms with Crippen LogP contribution in [0.3, 0.4) is 0 Å².